The number of anilines is 1. The molecule has 8 heteroatoms. The molecule has 126 valence electrons. The van der Waals surface area contributed by atoms with Crippen molar-refractivity contribution in [2.45, 2.75) is 31.9 Å². The smallest absolute Gasteiger partial charge is 0.416 e. The van der Waals surface area contributed by atoms with Crippen LogP contribution in [-0.2, 0) is 15.8 Å². The van der Waals surface area contributed by atoms with E-state index in [9.17, 15) is 27.9 Å². The summed E-state index contributed by atoms with van der Waals surface area (Å²) < 4.78 is 38.2. The second kappa shape index (κ2) is 6.78. The van der Waals surface area contributed by atoms with Gasteiger partial charge in [0.2, 0.25) is 5.91 Å². The van der Waals surface area contributed by atoms with E-state index in [4.69, 9.17) is 11.6 Å². The number of carbonyl (C=O) groups excluding carboxylic acids is 2. The normalized spacial score (nSPS) is 21.7. The van der Waals surface area contributed by atoms with Crippen LogP contribution in [0.3, 0.4) is 0 Å². The Morgan fingerprint density at radius 3 is 2.35 bits per heavy atom. The lowest BCUT2D eigenvalue weighted by Gasteiger charge is -2.31. The Morgan fingerprint density at radius 2 is 1.78 bits per heavy atom. The van der Waals surface area contributed by atoms with E-state index < -0.39 is 35.5 Å². The first kappa shape index (κ1) is 17.6. The van der Waals surface area contributed by atoms with Crippen LogP contribution in [0.15, 0.2) is 18.2 Å². The van der Waals surface area contributed by atoms with Gasteiger partial charge in [-0.05, 0) is 31.0 Å². The first-order chi connectivity index (χ1) is 10.7. The molecule has 23 heavy (non-hydrogen) atoms. The molecule has 0 aliphatic heterocycles. The van der Waals surface area contributed by atoms with Gasteiger partial charge in [0.15, 0.2) is 0 Å². The summed E-state index contributed by atoms with van der Waals surface area (Å²) in [5, 5.41) is 13.4. The van der Waals surface area contributed by atoms with Gasteiger partial charge in [0.05, 0.1) is 16.3 Å². The van der Waals surface area contributed by atoms with E-state index in [1.54, 1.807) is 0 Å². The molecule has 1 aliphatic rings. The molecule has 0 unspecified atom stereocenters. The number of amides is 1. The first-order valence-corrected chi connectivity index (χ1v) is 7.46. The average Bonchev–Trinajstić information content (AvgIpc) is 2.48. The monoisotopic (exact) mass is 348 g/mol. The highest BCUT2D eigenvalue weighted by Crippen LogP contribution is 2.35. The van der Waals surface area contributed by atoms with Gasteiger partial charge in [0, 0.05) is 17.8 Å². The van der Waals surface area contributed by atoms with E-state index >= 15 is 0 Å². The Bertz CT molecular complexity index is 618. The number of rotatable bonds is 3. The third-order valence-electron chi connectivity index (χ3n) is 3.96. The number of alkyl halides is 3. The minimum atomic E-state index is -4.57. The van der Waals surface area contributed by atoms with Crippen LogP contribution >= 0.6 is 11.6 Å². The minimum absolute atomic E-state index is 0.0489. The van der Waals surface area contributed by atoms with Crippen molar-refractivity contribution < 1.29 is 27.9 Å². The number of aliphatic carboxylic acids is 1. The maximum absolute atomic E-state index is 12.7. The lowest BCUT2D eigenvalue weighted by Crippen LogP contribution is -2.42. The topological polar surface area (TPSA) is 69.2 Å². The molecule has 1 saturated carbocycles. The maximum atomic E-state index is 12.7. The van der Waals surface area contributed by atoms with Crippen LogP contribution in [-0.4, -0.2) is 11.9 Å². The van der Waals surface area contributed by atoms with Crippen molar-refractivity contribution >= 4 is 29.2 Å². The van der Waals surface area contributed by atoms with Crippen molar-refractivity contribution in [3.8, 4) is 0 Å². The Hall–Kier alpha value is -1.76. The number of hydrogen-bond acceptors (Lipinski definition) is 3. The van der Waals surface area contributed by atoms with Gasteiger partial charge in [-0.1, -0.05) is 24.4 Å². The highest BCUT2D eigenvalue weighted by molar-refractivity contribution is 6.33. The van der Waals surface area contributed by atoms with Crippen molar-refractivity contribution in [2.75, 3.05) is 5.32 Å². The fourth-order valence-corrected chi connectivity index (χ4v) is 2.91. The fourth-order valence-electron chi connectivity index (χ4n) is 2.75. The zero-order valence-electron chi connectivity index (χ0n) is 12.0. The molecule has 1 aliphatic carbocycles. The Morgan fingerprint density at radius 1 is 1.17 bits per heavy atom. The van der Waals surface area contributed by atoms with Crippen LogP contribution in [0.4, 0.5) is 18.9 Å². The highest BCUT2D eigenvalue weighted by Gasteiger charge is 2.33. The largest absolute Gasteiger partial charge is 0.550 e. The van der Waals surface area contributed by atoms with E-state index in [0.29, 0.717) is 25.7 Å². The van der Waals surface area contributed by atoms with E-state index in [-0.39, 0.29) is 10.7 Å². The number of carboxylic acids is 1. The second-order valence-corrected chi connectivity index (χ2v) is 5.91. The van der Waals surface area contributed by atoms with Gasteiger partial charge in [-0.25, -0.2) is 0 Å². The number of benzene rings is 1. The molecular formula is C15H14ClF3NO3-. The Labute approximate surface area is 135 Å². The van der Waals surface area contributed by atoms with Gasteiger partial charge in [0.1, 0.15) is 0 Å². The van der Waals surface area contributed by atoms with Gasteiger partial charge >= 0.3 is 6.18 Å². The van der Waals surface area contributed by atoms with Crippen molar-refractivity contribution in [3.05, 3.63) is 28.8 Å². The predicted molar refractivity (Wildman–Crippen MR) is 75.5 cm³/mol. The summed E-state index contributed by atoms with van der Waals surface area (Å²) in [5.41, 5.74) is -1.13. The Kier molecular flexibility index (Phi) is 5.19. The second-order valence-electron chi connectivity index (χ2n) is 5.50. The maximum Gasteiger partial charge on any atom is 0.416 e. The van der Waals surface area contributed by atoms with Crippen LogP contribution in [0.1, 0.15) is 31.2 Å². The van der Waals surface area contributed by atoms with Gasteiger partial charge in [0.25, 0.3) is 0 Å². The van der Waals surface area contributed by atoms with Crippen molar-refractivity contribution in [3.63, 3.8) is 0 Å². The molecule has 2 rings (SSSR count). The van der Waals surface area contributed by atoms with Crippen LogP contribution < -0.4 is 10.4 Å². The molecular weight excluding hydrogens is 335 g/mol. The zero-order valence-corrected chi connectivity index (χ0v) is 12.7. The molecule has 0 spiro atoms. The first-order valence-electron chi connectivity index (χ1n) is 7.08. The zero-order chi connectivity index (χ0) is 17.2. The van der Waals surface area contributed by atoms with Crippen molar-refractivity contribution in [2.24, 2.45) is 11.8 Å². The molecule has 1 N–H and O–H groups in total. The van der Waals surface area contributed by atoms with Crippen LogP contribution in [0.25, 0.3) is 0 Å². The predicted octanol–water partition coefficient (Wildman–Crippen LogP) is 2.85. The van der Waals surface area contributed by atoms with E-state index in [1.165, 1.54) is 0 Å². The molecule has 1 aromatic carbocycles. The van der Waals surface area contributed by atoms with E-state index in [2.05, 4.69) is 5.32 Å². The van der Waals surface area contributed by atoms with Gasteiger partial charge < -0.3 is 15.2 Å². The number of nitrogens with one attached hydrogen (secondary N) is 1. The third kappa shape index (κ3) is 4.16. The summed E-state index contributed by atoms with van der Waals surface area (Å²) in [7, 11) is 0. The third-order valence-corrected chi connectivity index (χ3v) is 4.29. The summed E-state index contributed by atoms with van der Waals surface area (Å²) in [6.45, 7) is 0. The summed E-state index contributed by atoms with van der Waals surface area (Å²) >= 11 is 5.82. The van der Waals surface area contributed by atoms with Gasteiger partial charge in [-0.3, -0.25) is 4.79 Å². The van der Waals surface area contributed by atoms with E-state index in [1.807, 2.05) is 0 Å². The van der Waals surface area contributed by atoms with Crippen LogP contribution in [0, 0.1) is 11.8 Å². The minimum Gasteiger partial charge on any atom is -0.550 e. The standard InChI is InChI=1S/C15H15ClF3NO3/c16-11-6-5-8(15(17,18)19)7-12(11)20-13(21)9-3-1-2-4-10(9)14(22)23/h5-7,9-10H,1-4H2,(H,20,21)(H,22,23)/p-1/t9-,10-/m1/s1. The van der Waals surface area contributed by atoms with Crippen LogP contribution in [0.2, 0.25) is 5.02 Å². The van der Waals surface area contributed by atoms with Crippen LogP contribution in [0.5, 0.6) is 0 Å². The fraction of sp³-hybridized carbons (Fsp3) is 0.467. The molecule has 4 nitrogen and oxygen atoms in total. The SMILES string of the molecule is O=C([O-])[C@@H]1CCCC[C@H]1C(=O)Nc1cc(C(F)(F)F)ccc1Cl. The van der Waals surface area contributed by atoms with E-state index in [0.717, 1.165) is 18.2 Å². The number of carboxylic acid groups (broad SMARTS) is 1. The van der Waals surface area contributed by atoms with Crippen molar-refractivity contribution in [1.82, 2.24) is 0 Å². The van der Waals surface area contributed by atoms with Crippen molar-refractivity contribution in [1.29, 1.82) is 0 Å². The molecule has 1 fully saturated rings. The molecule has 0 saturated heterocycles. The molecule has 0 bridgehead atoms. The van der Waals surface area contributed by atoms with Gasteiger partial charge in [-0.2, -0.15) is 13.2 Å². The number of carbonyl (C=O) groups is 2. The summed E-state index contributed by atoms with van der Waals surface area (Å²) in [6, 6.07) is 2.58. The molecule has 2 atom stereocenters. The Balaban J connectivity index is 2.20. The lowest BCUT2D eigenvalue weighted by atomic mass is 9.78. The summed E-state index contributed by atoms with van der Waals surface area (Å²) in [4.78, 5) is 23.4. The number of halogens is 4. The molecule has 0 radical (unpaired) electrons. The average molecular weight is 349 g/mol. The molecule has 1 amide bonds. The molecule has 1 aromatic rings. The summed E-state index contributed by atoms with van der Waals surface area (Å²) in [5.74, 6) is -3.74. The molecule has 0 aromatic heterocycles. The number of hydrogen-bond donors (Lipinski definition) is 1. The van der Waals surface area contributed by atoms with Gasteiger partial charge in [-0.15, -0.1) is 0 Å². The highest BCUT2D eigenvalue weighted by atomic mass is 35.5. The molecule has 0 heterocycles. The quantitative estimate of drug-likeness (QED) is 0.913. The lowest BCUT2D eigenvalue weighted by molar-refractivity contribution is -0.313. The summed E-state index contributed by atoms with van der Waals surface area (Å²) in [6.07, 6.45) is -2.55.